The van der Waals surface area contributed by atoms with Gasteiger partial charge in [-0.15, -0.1) is 0 Å². The molecule has 0 aromatic carbocycles. The number of carbonyl (C=O) groups is 2. The number of allylic oxidation sites excluding steroid dienone is 1. The van der Waals surface area contributed by atoms with Crippen molar-refractivity contribution in [2.75, 3.05) is 13.2 Å². The third-order valence-corrected chi connectivity index (χ3v) is 15.1. The maximum absolute atomic E-state index is 12.5. The number of aliphatic hydroxyl groups is 2. The molecule has 0 spiro atoms. The summed E-state index contributed by atoms with van der Waals surface area (Å²) in [6, 6.07) is -0.624. The summed E-state index contributed by atoms with van der Waals surface area (Å²) in [5.41, 5.74) is 0. The Kier molecular flexibility index (Phi) is 59.0. The molecule has 0 saturated heterocycles. The average molecular weight is 989 g/mol. The molecule has 0 saturated carbocycles. The van der Waals surface area contributed by atoms with Crippen LogP contribution in [-0.2, 0) is 14.3 Å². The van der Waals surface area contributed by atoms with Crippen LogP contribution in [0.15, 0.2) is 12.2 Å². The van der Waals surface area contributed by atoms with E-state index in [1.807, 2.05) is 6.08 Å². The first kappa shape index (κ1) is 68.6. The van der Waals surface area contributed by atoms with E-state index in [-0.39, 0.29) is 18.5 Å². The molecule has 1 amide bonds. The number of aliphatic hydroxyl groups excluding tert-OH is 2. The molecule has 0 aromatic heterocycles. The second-order valence-electron chi connectivity index (χ2n) is 22.1. The van der Waals surface area contributed by atoms with Crippen molar-refractivity contribution in [1.82, 2.24) is 5.32 Å². The standard InChI is InChI=1S/C64H125NO5/c1-3-5-7-9-11-13-15-17-33-36-40-44-48-52-56-62(67)61(60-66)65-63(68)57-53-49-45-41-37-34-30-28-26-24-22-20-18-19-21-23-25-27-29-31-35-39-43-47-51-55-59-70-64(69)58-54-50-46-42-38-32-16-14-12-10-8-6-4-2/h52,56,61-62,66-67H,3-51,53-55,57-60H2,1-2H3,(H,65,68)/b56-52+. The maximum Gasteiger partial charge on any atom is 0.305 e. The Morgan fingerprint density at radius 3 is 0.971 bits per heavy atom. The number of nitrogens with one attached hydrogen (secondary N) is 1. The molecule has 0 aliphatic rings. The van der Waals surface area contributed by atoms with Crippen LogP contribution in [0.1, 0.15) is 361 Å². The van der Waals surface area contributed by atoms with Crippen LogP contribution >= 0.6 is 0 Å². The average Bonchev–Trinajstić information content (AvgIpc) is 3.36. The van der Waals surface area contributed by atoms with Crippen molar-refractivity contribution in [1.29, 1.82) is 0 Å². The molecule has 6 heteroatoms. The first-order chi connectivity index (χ1) is 34.5. The Bertz CT molecular complexity index is 1050. The lowest BCUT2D eigenvalue weighted by atomic mass is 10.0. The van der Waals surface area contributed by atoms with Crippen LogP contribution in [-0.4, -0.2) is 47.4 Å². The van der Waals surface area contributed by atoms with Gasteiger partial charge in [0.25, 0.3) is 0 Å². The molecule has 0 radical (unpaired) electrons. The lowest BCUT2D eigenvalue weighted by Crippen LogP contribution is -2.45. The molecule has 3 N–H and O–H groups in total. The maximum atomic E-state index is 12.5. The van der Waals surface area contributed by atoms with Gasteiger partial charge in [0.1, 0.15) is 0 Å². The highest BCUT2D eigenvalue weighted by atomic mass is 16.5. The third kappa shape index (κ3) is 55.9. The second kappa shape index (κ2) is 60.2. The molecule has 2 atom stereocenters. The van der Waals surface area contributed by atoms with Gasteiger partial charge in [0.15, 0.2) is 0 Å². The van der Waals surface area contributed by atoms with Gasteiger partial charge in [-0.05, 0) is 32.1 Å². The largest absolute Gasteiger partial charge is 0.466 e. The predicted molar refractivity (Wildman–Crippen MR) is 306 cm³/mol. The van der Waals surface area contributed by atoms with Crippen LogP contribution in [0.5, 0.6) is 0 Å². The van der Waals surface area contributed by atoms with E-state index in [2.05, 4.69) is 19.2 Å². The normalized spacial score (nSPS) is 12.6. The van der Waals surface area contributed by atoms with Gasteiger partial charge in [-0.1, -0.05) is 328 Å². The number of hydrogen-bond donors (Lipinski definition) is 3. The molecule has 416 valence electrons. The summed E-state index contributed by atoms with van der Waals surface area (Å²) in [6.07, 6.45) is 72.6. The number of unbranched alkanes of at least 4 members (excludes halogenated alkanes) is 49. The number of hydrogen-bond acceptors (Lipinski definition) is 5. The van der Waals surface area contributed by atoms with Gasteiger partial charge < -0.3 is 20.3 Å². The fourth-order valence-electron chi connectivity index (χ4n) is 10.2. The van der Waals surface area contributed by atoms with Gasteiger partial charge in [0.2, 0.25) is 5.91 Å². The van der Waals surface area contributed by atoms with E-state index >= 15 is 0 Å². The predicted octanol–water partition coefficient (Wildman–Crippen LogP) is 20.0. The Labute approximate surface area is 438 Å². The molecule has 0 heterocycles. The first-order valence-electron chi connectivity index (χ1n) is 32.0. The quantitative estimate of drug-likeness (QED) is 0.0321. The Balaban J connectivity index is 3.35. The Hall–Kier alpha value is -1.40. The summed E-state index contributed by atoms with van der Waals surface area (Å²) in [4.78, 5) is 24.5. The van der Waals surface area contributed by atoms with E-state index in [1.54, 1.807) is 6.08 Å². The highest BCUT2D eigenvalue weighted by Gasteiger charge is 2.18. The van der Waals surface area contributed by atoms with Crippen molar-refractivity contribution in [3.8, 4) is 0 Å². The lowest BCUT2D eigenvalue weighted by molar-refractivity contribution is -0.143. The van der Waals surface area contributed by atoms with Gasteiger partial charge in [0.05, 0.1) is 25.4 Å². The topological polar surface area (TPSA) is 95.9 Å². The zero-order valence-electron chi connectivity index (χ0n) is 47.5. The molecule has 0 aromatic rings. The zero-order valence-corrected chi connectivity index (χ0v) is 47.5. The summed E-state index contributed by atoms with van der Waals surface area (Å²) in [7, 11) is 0. The van der Waals surface area contributed by atoms with Crippen LogP contribution in [0.25, 0.3) is 0 Å². The minimum atomic E-state index is -0.841. The lowest BCUT2D eigenvalue weighted by Gasteiger charge is -2.20. The number of esters is 1. The van der Waals surface area contributed by atoms with Crippen LogP contribution in [0.4, 0.5) is 0 Å². The molecule has 0 bridgehead atoms. The highest BCUT2D eigenvalue weighted by Crippen LogP contribution is 2.18. The molecule has 6 nitrogen and oxygen atoms in total. The summed E-state index contributed by atoms with van der Waals surface area (Å²) >= 11 is 0. The van der Waals surface area contributed by atoms with E-state index in [0.29, 0.717) is 19.4 Å². The van der Waals surface area contributed by atoms with Crippen molar-refractivity contribution < 1.29 is 24.5 Å². The SMILES string of the molecule is CCCCCCCCCCCCCC/C=C/C(O)C(CO)NC(=O)CCCCCCCCCCCCCCCCCCCCCCCCCCCCOC(=O)CCCCCCCCCCCCCCC. The van der Waals surface area contributed by atoms with Gasteiger partial charge in [-0.2, -0.15) is 0 Å². The van der Waals surface area contributed by atoms with E-state index in [0.717, 1.165) is 38.5 Å². The van der Waals surface area contributed by atoms with Crippen LogP contribution in [0.3, 0.4) is 0 Å². The van der Waals surface area contributed by atoms with Crippen molar-refractivity contribution in [2.24, 2.45) is 0 Å². The van der Waals surface area contributed by atoms with E-state index in [9.17, 15) is 19.8 Å². The van der Waals surface area contributed by atoms with E-state index in [4.69, 9.17) is 4.74 Å². The summed E-state index contributed by atoms with van der Waals surface area (Å²) in [6.45, 7) is 4.93. The number of carbonyl (C=O) groups excluding carboxylic acids is 2. The van der Waals surface area contributed by atoms with Crippen molar-refractivity contribution >= 4 is 11.9 Å². The Morgan fingerprint density at radius 1 is 0.386 bits per heavy atom. The minimum Gasteiger partial charge on any atom is -0.466 e. The molecule has 70 heavy (non-hydrogen) atoms. The van der Waals surface area contributed by atoms with Gasteiger partial charge in [0, 0.05) is 12.8 Å². The zero-order chi connectivity index (χ0) is 50.7. The van der Waals surface area contributed by atoms with Crippen LogP contribution in [0.2, 0.25) is 0 Å². The highest BCUT2D eigenvalue weighted by molar-refractivity contribution is 5.76. The molecule has 0 fully saturated rings. The van der Waals surface area contributed by atoms with Gasteiger partial charge in [-0.25, -0.2) is 0 Å². The fraction of sp³-hybridized carbons (Fsp3) is 0.938. The third-order valence-electron chi connectivity index (χ3n) is 15.1. The van der Waals surface area contributed by atoms with Crippen LogP contribution < -0.4 is 5.32 Å². The Morgan fingerprint density at radius 2 is 0.657 bits per heavy atom. The molecular formula is C64H125NO5. The minimum absolute atomic E-state index is 0.0190. The van der Waals surface area contributed by atoms with Crippen molar-refractivity contribution in [3.63, 3.8) is 0 Å². The fourth-order valence-corrected chi connectivity index (χ4v) is 10.2. The molecule has 0 rings (SSSR count). The number of ether oxygens (including phenoxy) is 1. The van der Waals surface area contributed by atoms with Gasteiger partial charge >= 0.3 is 5.97 Å². The first-order valence-corrected chi connectivity index (χ1v) is 32.0. The van der Waals surface area contributed by atoms with Crippen molar-refractivity contribution in [2.45, 2.75) is 373 Å². The van der Waals surface area contributed by atoms with E-state index in [1.165, 1.54) is 295 Å². The number of rotatable bonds is 60. The van der Waals surface area contributed by atoms with E-state index < -0.39 is 12.1 Å². The summed E-state index contributed by atoms with van der Waals surface area (Å²) in [5, 5.41) is 23.1. The van der Waals surface area contributed by atoms with Crippen molar-refractivity contribution in [3.05, 3.63) is 12.2 Å². The number of amides is 1. The summed E-state index contributed by atoms with van der Waals surface area (Å²) < 4.78 is 5.48. The second-order valence-corrected chi connectivity index (χ2v) is 22.1. The molecule has 0 aliphatic heterocycles. The smallest absolute Gasteiger partial charge is 0.305 e. The molecule has 0 aliphatic carbocycles. The monoisotopic (exact) mass is 988 g/mol. The molecule has 2 unspecified atom stereocenters. The molecular weight excluding hydrogens is 863 g/mol. The van der Waals surface area contributed by atoms with Gasteiger partial charge in [-0.3, -0.25) is 9.59 Å². The summed E-state index contributed by atoms with van der Waals surface area (Å²) in [5.74, 6) is -0.0447. The van der Waals surface area contributed by atoms with Crippen LogP contribution in [0, 0.1) is 0 Å².